The summed E-state index contributed by atoms with van der Waals surface area (Å²) in [7, 11) is 0. The standard InChI is InChI=1S/C42H47N11O3/c43-18-16-36(29-4-1-2-5-29)53-27-31(26-46-53)38-35-17-20-44-39(35)50-42(49-38)47-32-10-6-30(7-11-32)40(55)45-19-3-21-51-22-24-52(25-23-51)33-12-8-28(9-13-33)34-14-15-37(54)48-41(34)56/h6-13,17,20,26-27,29,34,36H,1-5,14-16,19,21-25H2,(H,45,55)(H,48,54,56)(H2,44,47,49,50)/t34?,36-/m0/s1. The molecule has 14 heteroatoms. The number of hydrogen-bond donors (Lipinski definition) is 4. The lowest BCUT2D eigenvalue weighted by molar-refractivity contribution is -0.134. The number of nitrogens with one attached hydrogen (secondary N) is 4. The number of piperazine rings is 1. The molecular weight excluding hydrogens is 707 g/mol. The van der Waals surface area contributed by atoms with E-state index in [1.165, 1.54) is 12.8 Å². The maximum absolute atomic E-state index is 13.0. The molecule has 3 aromatic heterocycles. The van der Waals surface area contributed by atoms with Gasteiger partial charge in [0.15, 0.2) is 0 Å². The highest BCUT2D eigenvalue weighted by Gasteiger charge is 2.29. The van der Waals surface area contributed by atoms with E-state index < -0.39 is 0 Å². The molecule has 0 bridgehead atoms. The Bertz CT molecular complexity index is 2210. The molecule has 0 spiro atoms. The van der Waals surface area contributed by atoms with Gasteiger partial charge in [0.25, 0.3) is 5.91 Å². The molecule has 1 unspecified atom stereocenters. The quantitative estimate of drug-likeness (QED) is 0.0866. The van der Waals surface area contributed by atoms with Crippen molar-refractivity contribution in [3.05, 3.63) is 84.3 Å². The second-order valence-corrected chi connectivity index (χ2v) is 15.1. The second-order valence-electron chi connectivity index (χ2n) is 15.1. The SMILES string of the molecule is N#CC[C@@H](C1CCCC1)n1cc(-c2nc(Nc3ccc(C(=O)NCCCN4CCN(c5ccc(C6CCC(=O)NC6=O)cc5)CC4)cc3)nc3[nH]ccc23)cn1. The van der Waals surface area contributed by atoms with Gasteiger partial charge in [-0.05, 0) is 86.2 Å². The zero-order chi connectivity index (χ0) is 38.4. The molecule has 5 heterocycles. The first-order valence-electron chi connectivity index (χ1n) is 19.7. The molecule has 3 aliphatic rings. The van der Waals surface area contributed by atoms with E-state index in [4.69, 9.17) is 4.98 Å². The molecule has 2 aromatic carbocycles. The number of benzene rings is 2. The van der Waals surface area contributed by atoms with Crippen molar-refractivity contribution in [1.82, 2.24) is 40.3 Å². The van der Waals surface area contributed by atoms with Crippen molar-refractivity contribution in [3.8, 4) is 17.3 Å². The van der Waals surface area contributed by atoms with Crippen molar-refractivity contribution in [2.75, 3.05) is 49.5 Å². The summed E-state index contributed by atoms with van der Waals surface area (Å²) in [5.74, 6) is 0.101. The van der Waals surface area contributed by atoms with Gasteiger partial charge >= 0.3 is 0 Å². The van der Waals surface area contributed by atoms with Crippen LogP contribution in [0.4, 0.5) is 17.3 Å². The number of H-pyrrole nitrogens is 1. The van der Waals surface area contributed by atoms with Crippen LogP contribution in [0.2, 0.25) is 0 Å². The highest BCUT2D eigenvalue weighted by molar-refractivity contribution is 6.01. The van der Waals surface area contributed by atoms with Crippen LogP contribution >= 0.6 is 0 Å². The fraction of sp³-hybridized carbons (Fsp3) is 0.405. The van der Waals surface area contributed by atoms with E-state index in [1.54, 1.807) is 12.1 Å². The Labute approximate surface area is 325 Å². The van der Waals surface area contributed by atoms with Gasteiger partial charge in [-0.1, -0.05) is 25.0 Å². The van der Waals surface area contributed by atoms with Crippen molar-refractivity contribution >= 4 is 46.1 Å². The maximum atomic E-state index is 13.0. The molecule has 2 aliphatic heterocycles. The van der Waals surface area contributed by atoms with Gasteiger partial charge in [-0.25, -0.2) is 4.98 Å². The number of nitriles is 1. The van der Waals surface area contributed by atoms with Crippen LogP contribution in [-0.4, -0.2) is 86.6 Å². The number of aromatic nitrogens is 5. The number of aromatic amines is 1. The third-order valence-corrected chi connectivity index (χ3v) is 11.5. The van der Waals surface area contributed by atoms with E-state index in [1.807, 2.05) is 53.6 Å². The highest BCUT2D eigenvalue weighted by Crippen LogP contribution is 2.37. The molecule has 4 N–H and O–H groups in total. The summed E-state index contributed by atoms with van der Waals surface area (Å²) in [4.78, 5) is 54.3. The van der Waals surface area contributed by atoms with Gasteiger partial charge in [-0.15, -0.1) is 0 Å². The molecule has 8 rings (SSSR count). The Morgan fingerprint density at radius 1 is 0.964 bits per heavy atom. The Hall–Kier alpha value is -6.07. The number of hydrogen-bond acceptors (Lipinski definition) is 10. The van der Waals surface area contributed by atoms with Crippen LogP contribution in [0.15, 0.2) is 73.2 Å². The Kier molecular flexibility index (Phi) is 11.0. The third-order valence-electron chi connectivity index (χ3n) is 11.5. The molecule has 0 radical (unpaired) electrons. The van der Waals surface area contributed by atoms with E-state index in [0.29, 0.717) is 48.9 Å². The van der Waals surface area contributed by atoms with Crippen LogP contribution in [0.25, 0.3) is 22.3 Å². The molecule has 3 fully saturated rings. The monoisotopic (exact) mass is 753 g/mol. The van der Waals surface area contributed by atoms with E-state index >= 15 is 0 Å². The molecule has 1 aliphatic carbocycles. The third kappa shape index (κ3) is 8.28. The van der Waals surface area contributed by atoms with Gasteiger partial charge < -0.3 is 20.5 Å². The summed E-state index contributed by atoms with van der Waals surface area (Å²) in [5.41, 5.74) is 5.74. The zero-order valence-electron chi connectivity index (χ0n) is 31.4. The lowest BCUT2D eigenvalue weighted by Gasteiger charge is -2.36. The number of imide groups is 1. The number of piperidine rings is 1. The zero-order valence-corrected chi connectivity index (χ0v) is 31.4. The number of fused-ring (bicyclic) bond motifs is 1. The van der Waals surface area contributed by atoms with Crippen LogP contribution in [0.1, 0.15) is 79.2 Å². The Morgan fingerprint density at radius 3 is 2.50 bits per heavy atom. The summed E-state index contributed by atoms with van der Waals surface area (Å²) < 4.78 is 1.95. The van der Waals surface area contributed by atoms with E-state index in [0.717, 1.165) is 85.6 Å². The topological polar surface area (TPSA) is 177 Å². The summed E-state index contributed by atoms with van der Waals surface area (Å²) in [6.07, 6.45) is 12.5. The summed E-state index contributed by atoms with van der Waals surface area (Å²) in [5, 5.41) is 23.9. The molecule has 2 atom stereocenters. The molecule has 5 aromatic rings. The van der Waals surface area contributed by atoms with Gasteiger partial charge in [-0.3, -0.25) is 29.3 Å². The summed E-state index contributed by atoms with van der Waals surface area (Å²) in [6.45, 7) is 5.18. The number of carbonyl (C=O) groups excluding carboxylic acids is 3. The van der Waals surface area contributed by atoms with E-state index in [2.05, 4.69) is 59.0 Å². The fourth-order valence-electron chi connectivity index (χ4n) is 8.37. The van der Waals surface area contributed by atoms with Gasteiger partial charge in [0.05, 0.1) is 36.3 Å². The molecule has 3 amide bonds. The van der Waals surface area contributed by atoms with E-state index in [9.17, 15) is 19.6 Å². The first-order valence-corrected chi connectivity index (χ1v) is 19.7. The van der Waals surface area contributed by atoms with Crippen LogP contribution in [-0.2, 0) is 9.59 Å². The van der Waals surface area contributed by atoms with Crippen LogP contribution in [0, 0.1) is 17.2 Å². The highest BCUT2D eigenvalue weighted by atomic mass is 16.2. The van der Waals surface area contributed by atoms with Crippen molar-refractivity contribution < 1.29 is 14.4 Å². The van der Waals surface area contributed by atoms with Gasteiger partial charge in [0.2, 0.25) is 17.8 Å². The molecule has 14 nitrogen and oxygen atoms in total. The predicted octanol–water partition coefficient (Wildman–Crippen LogP) is 5.67. The van der Waals surface area contributed by atoms with Crippen LogP contribution in [0.5, 0.6) is 0 Å². The van der Waals surface area contributed by atoms with Crippen molar-refractivity contribution in [2.24, 2.45) is 5.92 Å². The minimum absolute atomic E-state index is 0.0578. The number of carbonyl (C=O) groups is 3. The lowest BCUT2D eigenvalue weighted by Crippen LogP contribution is -2.47. The molecule has 56 heavy (non-hydrogen) atoms. The van der Waals surface area contributed by atoms with Crippen LogP contribution < -0.4 is 20.9 Å². The molecule has 2 saturated heterocycles. The predicted molar refractivity (Wildman–Crippen MR) is 213 cm³/mol. The number of amides is 3. The molecule has 288 valence electrons. The van der Waals surface area contributed by atoms with Crippen molar-refractivity contribution in [1.29, 1.82) is 5.26 Å². The van der Waals surface area contributed by atoms with Crippen LogP contribution in [0.3, 0.4) is 0 Å². The summed E-state index contributed by atoms with van der Waals surface area (Å²) in [6, 6.07) is 19.8. The van der Waals surface area contributed by atoms with Gasteiger partial charge in [0, 0.05) is 79.4 Å². The lowest BCUT2D eigenvalue weighted by atomic mass is 9.90. The average Bonchev–Trinajstić information content (AvgIpc) is 4.03. The fourth-order valence-corrected chi connectivity index (χ4v) is 8.37. The van der Waals surface area contributed by atoms with Gasteiger partial charge in [-0.2, -0.15) is 15.3 Å². The minimum atomic E-state index is -0.267. The first kappa shape index (κ1) is 36.9. The molecular formula is C42H47N11O3. The minimum Gasteiger partial charge on any atom is -0.369 e. The van der Waals surface area contributed by atoms with Gasteiger partial charge in [0.1, 0.15) is 5.65 Å². The maximum Gasteiger partial charge on any atom is 0.251 e. The Morgan fingerprint density at radius 2 is 1.75 bits per heavy atom. The number of rotatable bonds is 13. The normalized spacial score (nSPS) is 18.5. The second kappa shape index (κ2) is 16.7. The first-order chi connectivity index (χ1) is 27.4. The average molecular weight is 754 g/mol. The summed E-state index contributed by atoms with van der Waals surface area (Å²) >= 11 is 0. The van der Waals surface area contributed by atoms with E-state index in [-0.39, 0.29) is 29.7 Å². The Balaban J connectivity index is 0.801. The molecule has 1 saturated carbocycles. The largest absolute Gasteiger partial charge is 0.369 e. The number of nitrogens with zero attached hydrogens (tertiary/aromatic N) is 7. The van der Waals surface area contributed by atoms with Crippen molar-refractivity contribution in [3.63, 3.8) is 0 Å². The smallest absolute Gasteiger partial charge is 0.251 e. The number of anilines is 3. The van der Waals surface area contributed by atoms with Crippen molar-refractivity contribution in [2.45, 2.75) is 63.3 Å².